The zero-order valence-electron chi connectivity index (χ0n) is 17.1. The maximum atomic E-state index is 13.5. The SMILES string of the molecule is CCOc1ccccc1C1c2[nH]c3ccccc3c2CCN1C(=O)c1cc(C)[nH]n1. The molecular weight excluding hydrogens is 376 g/mol. The minimum atomic E-state index is -0.270. The molecule has 1 aliphatic rings. The number of hydrogen-bond acceptors (Lipinski definition) is 3. The number of nitrogens with one attached hydrogen (secondary N) is 2. The van der Waals surface area contributed by atoms with Crippen LogP contribution in [0.1, 0.15) is 46.0 Å². The largest absolute Gasteiger partial charge is 0.494 e. The minimum absolute atomic E-state index is 0.0834. The van der Waals surface area contributed by atoms with E-state index in [9.17, 15) is 4.79 Å². The van der Waals surface area contributed by atoms with E-state index < -0.39 is 0 Å². The molecule has 4 aromatic rings. The number of carbonyl (C=O) groups excluding carboxylic acids is 1. The van der Waals surface area contributed by atoms with E-state index in [0.29, 0.717) is 18.8 Å². The second-order valence-corrected chi connectivity index (χ2v) is 7.62. The van der Waals surface area contributed by atoms with E-state index in [-0.39, 0.29) is 11.9 Å². The van der Waals surface area contributed by atoms with Crippen LogP contribution >= 0.6 is 0 Å². The molecule has 2 aromatic carbocycles. The molecule has 30 heavy (non-hydrogen) atoms. The first-order valence-electron chi connectivity index (χ1n) is 10.3. The third-order valence-corrected chi connectivity index (χ3v) is 5.73. The van der Waals surface area contributed by atoms with Gasteiger partial charge in [0.15, 0.2) is 0 Å². The van der Waals surface area contributed by atoms with Crippen LogP contribution in [-0.2, 0) is 6.42 Å². The van der Waals surface area contributed by atoms with Crippen LogP contribution in [0.4, 0.5) is 0 Å². The number of fused-ring (bicyclic) bond motifs is 3. The summed E-state index contributed by atoms with van der Waals surface area (Å²) >= 11 is 0. The van der Waals surface area contributed by atoms with Crippen LogP contribution in [0.25, 0.3) is 10.9 Å². The topological polar surface area (TPSA) is 74.0 Å². The highest BCUT2D eigenvalue weighted by molar-refractivity contribution is 5.94. The lowest BCUT2D eigenvalue weighted by Gasteiger charge is -2.36. The Bertz CT molecular complexity index is 1220. The smallest absolute Gasteiger partial charge is 0.275 e. The van der Waals surface area contributed by atoms with Gasteiger partial charge in [0.1, 0.15) is 17.5 Å². The first-order chi connectivity index (χ1) is 14.7. The summed E-state index contributed by atoms with van der Waals surface area (Å²) in [6, 6.07) is 17.8. The monoisotopic (exact) mass is 400 g/mol. The number of aryl methyl sites for hydroxylation is 1. The summed E-state index contributed by atoms with van der Waals surface area (Å²) in [5.74, 6) is 0.715. The molecule has 0 saturated carbocycles. The van der Waals surface area contributed by atoms with E-state index >= 15 is 0 Å². The molecule has 6 nitrogen and oxygen atoms in total. The van der Waals surface area contributed by atoms with Crippen LogP contribution in [0, 0.1) is 6.92 Å². The number of aromatic nitrogens is 3. The van der Waals surface area contributed by atoms with Crippen molar-refractivity contribution in [2.75, 3.05) is 13.2 Å². The van der Waals surface area contributed by atoms with Crippen molar-refractivity contribution in [3.05, 3.63) is 82.8 Å². The summed E-state index contributed by atoms with van der Waals surface area (Å²) in [5.41, 5.74) is 5.69. The molecule has 2 aromatic heterocycles. The van der Waals surface area contributed by atoms with E-state index in [1.165, 1.54) is 10.9 Å². The third-order valence-electron chi connectivity index (χ3n) is 5.73. The van der Waals surface area contributed by atoms with E-state index in [4.69, 9.17) is 4.74 Å². The van der Waals surface area contributed by atoms with Crippen molar-refractivity contribution in [3.8, 4) is 5.75 Å². The van der Waals surface area contributed by atoms with Crippen LogP contribution in [0.3, 0.4) is 0 Å². The number of nitrogens with zero attached hydrogens (tertiary/aromatic N) is 2. The summed E-state index contributed by atoms with van der Waals surface area (Å²) in [7, 11) is 0. The van der Waals surface area contributed by atoms with Gasteiger partial charge in [0.25, 0.3) is 5.91 Å². The molecule has 2 N–H and O–H groups in total. The Labute approximate surface area is 174 Å². The van der Waals surface area contributed by atoms with E-state index in [1.807, 2.05) is 49.1 Å². The number of aromatic amines is 2. The van der Waals surface area contributed by atoms with Gasteiger partial charge in [-0.15, -0.1) is 0 Å². The zero-order chi connectivity index (χ0) is 20.7. The number of carbonyl (C=O) groups is 1. The van der Waals surface area contributed by atoms with Crippen LogP contribution in [0.2, 0.25) is 0 Å². The Kier molecular flexibility index (Phi) is 4.54. The number of ether oxygens (including phenoxy) is 1. The molecule has 0 aliphatic carbocycles. The number of amides is 1. The number of hydrogen-bond donors (Lipinski definition) is 2. The molecule has 3 heterocycles. The molecule has 6 heteroatoms. The van der Waals surface area contributed by atoms with Gasteiger partial charge >= 0.3 is 0 Å². The number of rotatable bonds is 4. The van der Waals surface area contributed by atoms with Gasteiger partial charge in [0, 0.05) is 34.4 Å². The lowest BCUT2D eigenvalue weighted by Crippen LogP contribution is -2.41. The van der Waals surface area contributed by atoms with Crippen LogP contribution in [0.5, 0.6) is 5.75 Å². The fourth-order valence-electron chi connectivity index (χ4n) is 4.45. The van der Waals surface area contributed by atoms with Crippen molar-refractivity contribution in [1.29, 1.82) is 0 Å². The molecule has 1 amide bonds. The fourth-order valence-corrected chi connectivity index (χ4v) is 4.45. The van der Waals surface area contributed by atoms with Crippen LogP contribution in [0.15, 0.2) is 54.6 Å². The van der Waals surface area contributed by atoms with Crippen LogP contribution in [-0.4, -0.2) is 39.1 Å². The molecular formula is C24H24N4O2. The van der Waals surface area contributed by atoms with Gasteiger partial charge in [-0.25, -0.2) is 0 Å². The second-order valence-electron chi connectivity index (χ2n) is 7.62. The normalized spacial score (nSPS) is 15.9. The lowest BCUT2D eigenvalue weighted by molar-refractivity contribution is 0.0683. The fraction of sp³-hybridized carbons (Fsp3) is 0.250. The van der Waals surface area contributed by atoms with Crippen molar-refractivity contribution in [3.63, 3.8) is 0 Å². The average molecular weight is 400 g/mol. The molecule has 1 atom stereocenters. The van der Waals surface area contributed by atoms with Gasteiger partial charge in [0.05, 0.1) is 6.61 Å². The first kappa shape index (κ1) is 18.5. The van der Waals surface area contributed by atoms with E-state index in [1.54, 1.807) is 6.07 Å². The summed E-state index contributed by atoms with van der Waals surface area (Å²) < 4.78 is 5.94. The molecule has 1 unspecified atom stereocenters. The van der Waals surface area contributed by atoms with Crippen molar-refractivity contribution in [1.82, 2.24) is 20.1 Å². The molecule has 5 rings (SSSR count). The maximum absolute atomic E-state index is 13.5. The molecule has 0 spiro atoms. The quantitative estimate of drug-likeness (QED) is 0.534. The van der Waals surface area contributed by atoms with Gasteiger partial charge in [-0.2, -0.15) is 5.10 Å². The van der Waals surface area contributed by atoms with Gasteiger partial charge < -0.3 is 14.6 Å². The van der Waals surface area contributed by atoms with Crippen molar-refractivity contribution in [2.24, 2.45) is 0 Å². The van der Waals surface area contributed by atoms with Crippen LogP contribution < -0.4 is 4.74 Å². The predicted molar refractivity (Wildman–Crippen MR) is 116 cm³/mol. The Morgan fingerprint density at radius 1 is 1.20 bits per heavy atom. The standard InChI is InChI=1S/C24H24N4O2/c1-3-30-21-11-7-5-9-18(21)23-22-17(16-8-4-6-10-19(16)25-22)12-13-28(23)24(29)20-14-15(2)26-27-20/h4-11,14,23,25H,3,12-13H2,1-2H3,(H,26,27). The zero-order valence-corrected chi connectivity index (χ0v) is 17.1. The highest BCUT2D eigenvalue weighted by Crippen LogP contribution is 2.41. The highest BCUT2D eigenvalue weighted by Gasteiger charge is 2.37. The lowest BCUT2D eigenvalue weighted by atomic mass is 9.91. The number of benzene rings is 2. The van der Waals surface area contributed by atoms with Crippen molar-refractivity contribution >= 4 is 16.8 Å². The van der Waals surface area contributed by atoms with Gasteiger partial charge in [-0.1, -0.05) is 36.4 Å². The number of para-hydroxylation sites is 2. The summed E-state index contributed by atoms with van der Waals surface area (Å²) in [4.78, 5) is 19.0. The molecule has 0 radical (unpaired) electrons. The summed E-state index contributed by atoms with van der Waals surface area (Å²) in [6.07, 6.45) is 0.793. The first-order valence-corrected chi connectivity index (χ1v) is 10.3. The Morgan fingerprint density at radius 3 is 2.80 bits per heavy atom. The molecule has 0 fully saturated rings. The van der Waals surface area contributed by atoms with Crippen molar-refractivity contribution in [2.45, 2.75) is 26.3 Å². The molecule has 0 bridgehead atoms. The van der Waals surface area contributed by atoms with Gasteiger partial charge in [0.2, 0.25) is 0 Å². The highest BCUT2D eigenvalue weighted by atomic mass is 16.5. The Hall–Kier alpha value is -3.54. The maximum Gasteiger partial charge on any atom is 0.275 e. The number of H-pyrrole nitrogens is 2. The Morgan fingerprint density at radius 2 is 2.00 bits per heavy atom. The second kappa shape index (κ2) is 7.37. The minimum Gasteiger partial charge on any atom is -0.494 e. The third kappa shape index (κ3) is 2.96. The van der Waals surface area contributed by atoms with Gasteiger partial charge in [-0.3, -0.25) is 9.89 Å². The van der Waals surface area contributed by atoms with E-state index in [0.717, 1.165) is 34.6 Å². The van der Waals surface area contributed by atoms with E-state index in [2.05, 4.69) is 33.4 Å². The van der Waals surface area contributed by atoms with Gasteiger partial charge in [-0.05, 0) is 44.0 Å². The predicted octanol–water partition coefficient (Wildman–Crippen LogP) is 4.39. The summed E-state index contributed by atoms with van der Waals surface area (Å²) in [5, 5.41) is 8.32. The average Bonchev–Trinajstić information content (AvgIpc) is 3.37. The molecule has 152 valence electrons. The molecule has 0 saturated heterocycles. The molecule has 1 aliphatic heterocycles. The Balaban J connectivity index is 1.69. The summed E-state index contributed by atoms with van der Waals surface area (Å²) in [6.45, 7) is 5.06. The van der Waals surface area contributed by atoms with Crippen molar-refractivity contribution < 1.29 is 9.53 Å².